The number of ether oxygens (including phenoxy) is 3. The van der Waals surface area contributed by atoms with Crippen molar-refractivity contribution in [2.24, 2.45) is 0 Å². The molecule has 2 aromatic carbocycles. The Morgan fingerprint density at radius 3 is 2.74 bits per heavy atom. The largest absolute Gasteiger partial charge is 0.497 e. The van der Waals surface area contributed by atoms with Crippen LogP contribution in [0, 0.1) is 0 Å². The van der Waals surface area contributed by atoms with Crippen molar-refractivity contribution < 1.29 is 23.9 Å². The van der Waals surface area contributed by atoms with E-state index in [4.69, 9.17) is 19.2 Å². The summed E-state index contributed by atoms with van der Waals surface area (Å²) in [6.07, 6.45) is 0. The van der Waals surface area contributed by atoms with Crippen LogP contribution in [0.2, 0.25) is 0 Å². The van der Waals surface area contributed by atoms with Crippen LogP contribution in [0.15, 0.2) is 52.4 Å². The number of nitrogens with zero attached hydrogens (tertiary/aromatic N) is 2. The van der Waals surface area contributed by atoms with Crippen molar-refractivity contribution in [1.29, 1.82) is 0 Å². The molecule has 34 heavy (non-hydrogen) atoms. The highest BCUT2D eigenvalue weighted by molar-refractivity contribution is 7.99. The van der Waals surface area contributed by atoms with Crippen LogP contribution in [0.25, 0.3) is 10.9 Å². The first-order chi connectivity index (χ1) is 16.6. The number of hydrogen-bond acceptors (Lipinski definition) is 7. The molecule has 0 bridgehead atoms. The zero-order valence-electron chi connectivity index (χ0n) is 19.3. The van der Waals surface area contributed by atoms with Crippen molar-refractivity contribution in [3.63, 3.8) is 0 Å². The molecule has 0 atom stereocenters. The van der Waals surface area contributed by atoms with Gasteiger partial charge >= 0.3 is 0 Å². The Balaban J connectivity index is 1.51. The van der Waals surface area contributed by atoms with E-state index in [1.165, 1.54) is 23.8 Å². The molecule has 1 saturated heterocycles. The molecule has 1 fully saturated rings. The van der Waals surface area contributed by atoms with Gasteiger partial charge < -0.3 is 24.4 Å². The number of amides is 1. The third-order valence-corrected chi connectivity index (χ3v) is 6.71. The first kappa shape index (κ1) is 24.1. The van der Waals surface area contributed by atoms with Crippen LogP contribution in [0.4, 0.5) is 5.69 Å². The van der Waals surface area contributed by atoms with Gasteiger partial charge in [0, 0.05) is 6.07 Å². The van der Waals surface area contributed by atoms with Crippen molar-refractivity contribution in [3.8, 4) is 11.5 Å². The molecule has 0 spiro atoms. The Labute approximate surface area is 202 Å². The fourth-order valence-electron chi connectivity index (χ4n) is 3.85. The normalized spacial score (nSPS) is 14.2. The molecule has 0 saturated carbocycles. The average molecular weight is 486 g/mol. The van der Waals surface area contributed by atoms with Crippen LogP contribution in [-0.2, 0) is 16.1 Å². The maximum absolute atomic E-state index is 13.2. The minimum Gasteiger partial charge on any atom is -0.497 e. The summed E-state index contributed by atoms with van der Waals surface area (Å²) in [5.41, 5.74) is 1.09. The number of benzene rings is 2. The Bertz CT molecular complexity index is 1210. The fraction of sp³-hybridized carbons (Fsp3) is 0.375. The van der Waals surface area contributed by atoms with Crippen molar-refractivity contribution in [2.75, 3.05) is 58.1 Å². The third-order valence-electron chi connectivity index (χ3n) is 5.73. The molecule has 9 nitrogen and oxygen atoms in total. The van der Waals surface area contributed by atoms with Crippen LogP contribution in [-0.4, -0.2) is 68.3 Å². The highest BCUT2D eigenvalue weighted by Crippen LogP contribution is 2.29. The predicted octanol–water partition coefficient (Wildman–Crippen LogP) is 1.06. The smallest absolute Gasteiger partial charge is 0.262 e. The number of aromatic nitrogens is 2. The Morgan fingerprint density at radius 2 is 1.97 bits per heavy atom. The zero-order chi connectivity index (χ0) is 23.9. The van der Waals surface area contributed by atoms with Crippen LogP contribution in [0.1, 0.15) is 0 Å². The van der Waals surface area contributed by atoms with Gasteiger partial charge in [0.1, 0.15) is 24.6 Å². The SMILES string of the molecule is COc1ccc(NC(=O)CSc2nc3ccccc3c(=O)n2CC[NH+]2CCOCC2)c(OC)c1. The van der Waals surface area contributed by atoms with E-state index < -0.39 is 0 Å². The van der Waals surface area contributed by atoms with Gasteiger partial charge in [0.05, 0.1) is 62.9 Å². The monoisotopic (exact) mass is 485 g/mol. The number of para-hydroxylation sites is 1. The Hall–Kier alpha value is -3.08. The van der Waals surface area contributed by atoms with Gasteiger partial charge in [0.25, 0.3) is 5.56 Å². The van der Waals surface area contributed by atoms with E-state index in [9.17, 15) is 9.59 Å². The standard InChI is InChI=1S/C24H28N4O5S/c1-31-17-7-8-20(21(15-17)32-2)25-22(29)16-34-24-26-19-6-4-3-5-18(19)23(30)28(24)10-9-27-11-13-33-14-12-27/h3-8,15H,9-14,16H2,1-2H3,(H,25,29)/p+1. The van der Waals surface area contributed by atoms with E-state index in [1.807, 2.05) is 18.2 Å². The number of methoxy groups -OCH3 is 2. The summed E-state index contributed by atoms with van der Waals surface area (Å²) in [6, 6.07) is 12.5. The van der Waals surface area contributed by atoms with Gasteiger partial charge in [-0.25, -0.2) is 4.98 Å². The van der Waals surface area contributed by atoms with Gasteiger partial charge in [-0.2, -0.15) is 0 Å². The number of thioether (sulfide) groups is 1. The molecule has 3 aromatic rings. The zero-order valence-corrected chi connectivity index (χ0v) is 20.2. The minimum atomic E-state index is -0.221. The summed E-state index contributed by atoms with van der Waals surface area (Å²) in [5, 5.41) is 3.98. The number of carbonyl (C=O) groups excluding carboxylic acids is 1. The second-order valence-corrected chi connectivity index (χ2v) is 8.83. The van der Waals surface area contributed by atoms with Gasteiger partial charge in [-0.15, -0.1) is 0 Å². The molecule has 1 aliphatic rings. The number of morpholine rings is 1. The van der Waals surface area contributed by atoms with Gasteiger partial charge in [0.15, 0.2) is 5.16 Å². The number of fused-ring (bicyclic) bond motifs is 1. The molecule has 2 heterocycles. The summed E-state index contributed by atoms with van der Waals surface area (Å²) in [7, 11) is 3.10. The van der Waals surface area contributed by atoms with E-state index in [1.54, 1.807) is 35.9 Å². The Morgan fingerprint density at radius 1 is 1.18 bits per heavy atom. The molecular formula is C24H29N4O5S+. The van der Waals surface area contributed by atoms with E-state index in [0.29, 0.717) is 39.8 Å². The molecule has 4 rings (SSSR count). The lowest BCUT2D eigenvalue weighted by Crippen LogP contribution is -3.14. The molecular weight excluding hydrogens is 456 g/mol. The van der Waals surface area contributed by atoms with Crippen LogP contribution in [0.3, 0.4) is 0 Å². The van der Waals surface area contributed by atoms with E-state index in [-0.39, 0.29) is 17.2 Å². The molecule has 1 amide bonds. The number of anilines is 1. The van der Waals surface area contributed by atoms with E-state index in [2.05, 4.69) is 5.32 Å². The predicted molar refractivity (Wildman–Crippen MR) is 131 cm³/mol. The van der Waals surface area contributed by atoms with Crippen LogP contribution >= 0.6 is 11.8 Å². The van der Waals surface area contributed by atoms with Crippen molar-refractivity contribution in [1.82, 2.24) is 9.55 Å². The van der Waals surface area contributed by atoms with E-state index >= 15 is 0 Å². The van der Waals surface area contributed by atoms with Gasteiger partial charge in [-0.05, 0) is 24.3 Å². The van der Waals surface area contributed by atoms with Crippen molar-refractivity contribution in [2.45, 2.75) is 11.7 Å². The topological polar surface area (TPSA) is 96.1 Å². The summed E-state index contributed by atoms with van der Waals surface area (Å²) in [5.74, 6) is 1.02. The second kappa shape index (κ2) is 11.4. The number of quaternary nitrogens is 1. The van der Waals surface area contributed by atoms with Crippen molar-refractivity contribution >= 4 is 34.3 Å². The minimum absolute atomic E-state index is 0.0852. The molecule has 0 radical (unpaired) electrons. The van der Waals surface area contributed by atoms with Gasteiger partial charge in [0.2, 0.25) is 5.91 Å². The lowest BCUT2D eigenvalue weighted by atomic mass is 10.2. The second-order valence-electron chi connectivity index (χ2n) is 7.88. The molecule has 2 N–H and O–H groups in total. The number of carbonyl (C=O) groups is 1. The lowest BCUT2D eigenvalue weighted by molar-refractivity contribution is -0.908. The first-order valence-corrected chi connectivity index (χ1v) is 12.1. The quantitative estimate of drug-likeness (QED) is 0.346. The molecule has 1 aromatic heterocycles. The third kappa shape index (κ3) is 5.69. The van der Waals surface area contributed by atoms with Crippen LogP contribution in [0.5, 0.6) is 11.5 Å². The highest BCUT2D eigenvalue weighted by atomic mass is 32.2. The maximum Gasteiger partial charge on any atom is 0.262 e. The first-order valence-electron chi connectivity index (χ1n) is 11.1. The summed E-state index contributed by atoms with van der Waals surface area (Å²) >= 11 is 1.25. The fourth-order valence-corrected chi connectivity index (χ4v) is 4.68. The molecule has 180 valence electrons. The summed E-state index contributed by atoms with van der Waals surface area (Å²) in [6.45, 7) is 4.64. The number of nitrogens with one attached hydrogen (secondary N) is 2. The number of hydrogen-bond donors (Lipinski definition) is 2. The molecule has 10 heteroatoms. The lowest BCUT2D eigenvalue weighted by Gasteiger charge is -2.24. The molecule has 0 unspecified atom stereocenters. The number of rotatable bonds is 9. The summed E-state index contributed by atoms with van der Waals surface area (Å²) in [4.78, 5) is 32.1. The maximum atomic E-state index is 13.2. The highest BCUT2D eigenvalue weighted by Gasteiger charge is 2.18. The van der Waals surface area contributed by atoms with Gasteiger partial charge in [-0.3, -0.25) is 14.2 Å². The molecule has 1 aliphatic heterocycles. The summed E-state index contributed by atoms with van der Waals surface area (Å²) < 4.78 is 17.7. The average Bonchev–Trinajstić information content (AvgIpc) is 2.88. The Kier molecular flexibility index (Phi) is 8.04. The van der Waals surface area contributed by atoms with Gasteiger partial charge in [-0.1, -0.05) is 23.9 Å². The van der Waals surface area contributed by atoms with Crippen molar-refractivity contribution in [3.05, 3.63) is 52.8 Å². The van der Waals surface area contributed by atoms with E-state index in [0.717, 1.165) is 32.8 Å². The van der Waals surface area contributed by atoms with Crippen LogP contribution < -0.4 is 25.2 Å². The molecule has 0 aliphatic carbocycles.